The fourth-order valence-corrected chi connectivity index (χ4v) is 4.02. The van der Waals surface area contributed by atoms with Gasteiger partial charge in [-0.25, -0.2) is 4.99 Å². The van der Waals surface area contributed by atoms with Crippen LogP contribution in [0.5, 0.6) is 0 Å². The number of aliphatic imine (C=N–C) groups is 1. The van der Waals surface area contributed by atoms with Gasteiger partial charge in [0, 0.05) is 53.8 Å². The number of amidine groups is 1. The van der Waals surface area contributed by atoms with Crippen LogP contribution in [0.25, 0.3) is 0 Å². The molecule has 8 nitrogen and oxygen atoms in total. The highest BCUT2D eigenvalue weighted by atomic mass is 16.1. The molecular weight excluding hydrogens is 426 g/mol. The largest absolute Gasteiger partial charge is 0.399 e. The van der Waals surface area contributed by atoms with Crippen LogP contribution in [-0.4, -0.2) is 33.7 Å². The molecular formula is C26H25N7O. The van der Waals surface area contributed by atoms with Crippen LogP contribution in [0.2, 0.25) is 0 Å². The van der Waals surface area contributed by atoms with Crippen molar-refractivity contribution in [1.29, 1.82) is 0 Å². The highest BCUT2D eigenvalue weighted by Crippen LogP contribution is 2.36. The van der Waals surface area contributed by atoms with Crippen LogP contribution < -0.4 is 16.4 Å². The summed E-state index contributed by atoms with van der Waals surface area (Å²) in [6, 6.07) is 18.6. The number of aromatic nitrogens is 2. The number of aryl methyl sites for hydroxylation is 1. The number of amides is 1. The molecule has 8 heteroatoms. The molecule has 0 saturated heterocycles. The number of anilines is 3. The third kappa shape index (κ3) is 4.09. The average Bonchev–Trinajstić information content (AvgIpc) is 3.31. The number of carbonyl (C=O) groups is 1. The zero-order valence-corrected chi connectivity index (χ0v) is 18.9. The molecule has 5 rings (SSSR count). The zero-order valence-electron chi connectivity index (χ0n) is 18.9. The Kier molecular flexibility index (Phi) is 5.47. The molecule has 0 saturated carbocycles. The third-order valence-corrected chi connectivity index (χ3v) is 5.83. The molecule has 0 spiro atoms. The lowest BCUT2D eigenvalue weighted by molar-refractivity contribution is 0.102. The second kappa shape index (κ2) is 8.74. The molecule has 0 aliphatic carbocycles. The quantitative estimate of drug-likeness (QED) is 0.329. The van der Waals surface area contributed by atoms with Crippen LogP contribution in [0.15, 0.2) is 84.2 Å². The SMILES string of the molecule is Cc1ccc(C(=O)Nc2cccc(N)c2)cc1NC1c2[nH]ccc2N=C(c2cccnc2)N1C. The van der Waals surface area contributed by atoms with Gasteiger partial charge in [-0.3, -0.25) is 9.78 Å². The van der Waals surface area contributed by atoms with Crippen molar-refractivity contribution in [3.63, 3.8) is 0 Å². The van der Waals surface area contributed by atoms with Gasteiger partial charge >= 0.3 is 0 Å². The summed E-state index contributed by atoms with van der Waals surface area (Å²) in [7, 11) is 1.99. The Labute approximate surface area is 197 Å². The lowest BCUT2D eigenvalue weighted by atomic mass is 10.1. The van der Waals surface area contributed by atoms with Crippen molar-refractivity contribution in [1.82, 2.24) is 14.9 Å². The molecule has 170 valence electrons. The van der Waals surface area contributed by atoms with E-state index >= 15 is 0 Å². The molecule has 2 aromatic heterocycles. The lowest BCUT2D eigenvalue weighted by Gasteiger charge is -2.35. The number of carbonyl (C=O) groups excluding carboxylic acids is 1. The highest BCUT2D eigenvalue weighted by molar-refractivity contribution is 6.05. The molecule has 1 aliphatic rings. The second-order valence-electron chi connectivity index (χ2n) is 8.22. The standard InChI is InChI=1S/C26H25N7O/c1-16-8-9-17(26(34)30-20-7-3-6-19(27)14-20)13-22(16)32-25-23-21(10-12-29-23)31-24(33(25)2)18-5-4-11-28-15-18/h3-15,25,29,32H,27H2,1-2H3,(H,30,34). The fraction of sp³-hybridized carbons (Fsp3) is 0.115. The summed E-state index contributed by atoms with van der Waals surface area (Å²) in [6.45, 7) is 2.01. The zero-order chi connectivity index (χ0) is 23.7. The Balaban J connectivity index is 1.44. The van der Waals surface area contributed by atoms with Crippen molar-refractivity contribution >= 4 is 34.5 Å². The predicted octanol–water partition coefficient (Wildman–Crippen LogP) is 4.69. The normalized spacial score (nSPS) is 14.8. The number of nitrogen functional groups attached to an aromatic ring is 1. The second-order valence-corrected chi connectivity index (χ2v) is 8.22. The topological polar surface area (TPSA) is 111 Å². The van der Waals surface area contributed by atoms with Crippen LogP contribution in [0, 0.1) is 6.92 Å². The van der Waals surface area contributed by atoms with Gasteiger partial charge in [0.15, 0.2) is 0 Å². The maximum Gasteiger partial charge on any atom is 0.255 e. The molecule has 3 heterocycles. The van der Waals surface area contributed by atoms with E-state index in [0.717, 1.165) is 34.0 Å². The van der Waals surface area contributed by atoms with Crippen molar-refractivity contribution in [3.05, 3.63) is 102 Å². The van der Waals surface area contributed by atoms with Gasteiger partial charge in [0.2, 0.25) is 0 Å². The average molecular weight is 452 g/mol. The third-order valence-electron chi connectivity index (χ3n) is 5.83. The molecule has 1 amide bonds. The summed E-state index contributed by atoms with van der Waals surface area (Å²) in [6.07, 6.45) is 5.21. The molecule has 2 aromatic carbocycles. The van der Waals surface area contributed by atoms with Crippen molar-refractivity contribution < 1.29 is 4.79 Å². The number of benzene rings is 2. The molecule has 0 bridgehead atoms. The van der Waals surface area contributed by atoms with E-state index in [0.29, 0.717) is 16.9 Å². The van der Waals surface area contributed by atoms with Crippen molar-refractivity contribution in [2.45, 2.75) is 13.1 Å². The number of nitrogens with zero attached hydrogens (tertiary/aromatic N) is 3. The Hall–Kier alpha value is -4.59. The molecule has 1 unspecified atom stereocenters. The summed E-state index contributed by atoms with van der Waals surface area (Å²) < 4.78 is 0. The summed E-state index contributed by atoms with van der Waals surface area (Å²) >= 11 is 0. The smallest absolute Gasteiger partial charge is 0.255 e. The van der Waals surface area contributed by atoms with Gasteiger partial charge in [-0.15, -0.1) is 0 Å². The first-order valence-electron chi connectivity index (χ1n) is 10.9. The summed E-state index contributed by atoms with van der Waals surface area (Å²) in [5, 5.41) is 6.51. The molecule has 1 atom stereocenters. The monoisotopic (exact) mass is 451 g/mol. The fourth-order valence-electron chi connectivity index (χ4n) is 4.02. The van der Waals surface area contributed by atoms with Crippen molar-refractivity contribution in [3.8, 4) is 0 Å². The summed E-state index contributed by atoms with van der Waals surface area (Å²) in [5.74, 6) is 0.606. The van der Waals surface area contributed by atoms with E-state index in [2.05, 4.69) is 25.5 Å². The minimum atomic E-state index is -0.219. The van der Waals surface area contributed by atoms with Gasteiger partial charge in [-0.05, 0) is 61.0 Å². The van der Waals surface area contributed by atoms with E-state index < -0.39 is 0 Å². The van der Waals surface area contributed by atoms with Crippen LogP contribution in [-0.2, 0) is 0 Å². The van der Waals surface area contributed by atoms with E-state index in [1.165, 1.54) is 0 Å². The van der Waals surface area contributed by atoms with Crippen molar-refractivity contribution in [2.24, 2.45) is 4.99 Å². The number of aromatic amines is 1. The van der Waals surface area contributed by atoms with Crippen molar-refractivity contribution in [2.75, 3.05) is 23.4 Å². The lowest BCUT2D eigenvalue weighted by Crippen LogP contribution is -2.38. The van der Waals surface area contributed by atoms with Crippen LogP contribution in [0.4, 0.5) is 22.7 Å². The van der Waals surface area contributed by atoms with E-state index in [-0.39, 0.29) is 12.1 Å². The first-order chi connectivity index (χ1) is 16.5. The van der Waals surface area contributed by atoms with Gasteiger partial charge in [0.05, 0.1) is 11.4 Å². The van der Waals surface area contributed by atoms with Gasteiger partial charge in [0.1, 0.15) is 12.0 Å². The number of nitrogens with two attached hydrogens (primary N) is 1. The number of nitrogens with one attached hydrogen (secondary N) is 3. The Morgan fingerprint density at radius 3 is 2.79 bits per heavy atom. The van der Waals surface area contributed by atoms with Gasteiger partial charge in [-0.1, -0.05) is 12.1 Å². The number of hydrogen-bond acceptors (Lipinski definition) is 6. The maximum atomic E-state index is 12.9. The van der Waals surface area contributed by atoms with E-state index in [9.17, 15) is 4.79 Å². The number of fused-ring (bicyclic) bond motifs is 1. The van der Waals surface area contributed by atoms with Gasteiger partial charge in [0.25, 0.3) is 5.91 Å². The molecule has 4 aromatic rings. The Morgan fingerprint density at radius 1 is 1.12 bits per heavy atom. The number of hydrogen-bond donors (Lipinski definition) is 4. The van der Waals surface area contributed by atoms with E-state index in [1.807, 2.05) is 62.6 Å². The molecule has 5 N–H and O–H groups in total. The minimum absolute atomic E-state index is 0.205. The maximum absolute atomic E-state index is 12.9. The van der Waals surface area contributed by atoms with Crippen LogP contribution >= 0.6 is 0 Å². The number of H-pyrrole nitrogens is 1. The highest BCUT2D eigenvalue weighted by Gasteiger charge is 2.29. The molecule has 1 aliphatic heterocycles. The summed E-state index contributed by atoms with van der Waals surface area (Å²) in [4.78, 5) is 27.4. The Morgan fingerprint density at radius 2 is 2.00 bits per heavy atom. The molecule has 0 fully saturated rings. The van der Waals surface area contributed by atoms with Gasteiger partial charge in [-0.2, -0.15) is 0 Å². The Bertz CT molecular complexity index is 1380. The van der Waals surface area contributed by atoms with E-state index in [1.54, 1.807) is 30.6 Å². The first kappa shape index (κ1) is 21.3. The van der Waals surface area contributed by atoms with Crippen LogP contribution in [0.3, 0.4) is 0 Å². The number of pyridine rings is 1. The molecule has 34 heavy (non-hydrogen) atoms. The van der Waals surface area contributed by atoms with E-state index in [4.69, 9.17) is 10.7 Å². The summed E-state index contributed by atoms with van der Waals surface area (Å²) in [5.41, 5.74) is 12.2. The van der Waals surface area contributed by atoms with Gasteiger partial charge < -0.3 is 26.3 Å². The molecule has 0 radical (unpaired) electrons. The van der Waals surface area contributed by atoms with Crippen LogP contribution in [0.1, 0.15) is 33.3 Å². The first-order valence-corrected chi connectivity index (χ1v) is 10.9. The minimum Gasteiger partial charge on any atom is -0.399 e. The number of rotatable bonds is 5. The predicted molar refractivity (Wildman–Crippen MR) is 135 cm³/mol.